The molecule has 54 heavy (non-hydrogen) atoms. The number of halogens is 6. The molecule has 0 saturated carbocycles. The number of hydrogen-bond acceptors (Lipinski definition) is 11. The zero-order valence-electron chi connectivity index (χ0n) is 27.5. The average molecular weight is 793 g/mol. The zero-order valence-corrected chi connectivity index (χ0v) is 29.1. The van der Waals surface area contributed by atoms with Crippen molar-refractivity contribution in [2.24, 2.45) is 0 Å². The Morgan fingerprint density at radius 3 is 1.67 bits per heavy atom. The molecule has 0 fully saturated rings. The van der Waals surface area contributed by atoms with Crippen LogP contribution < -0.4 is 28.7 Å². The predicted octanol–water partition coefficient (Wildman–Crippen LogP) is 7.03. The summed E-state index contributed by atoms with van der Waals surface area (Å²) in [6, 6.07) is 20.2. The molecule has 280 valence electrons. The summed E-state index contributed by atoms with van der Waals surface area (Å²) < 4.78 is 118. The number of rotatable bonds is 6. The van der Waals surface area contributed by atoms with Gasteiger partial charge in [-0.2, -0.15) is 10.5 Å². The molecule has 2 heterocycles. The molecule has 4 aromatic carbocycles. The van der Waals surface area contributed by atoms with E-state index in [0.29, 0.717) is 11.6 Å². The van der Waals surface area contributed by atoms with Gasteiger partial charge < -0.3 is 18.9 Å². The summed E-state index contributed by atoms with van der Waals surface area (Å²) in [5.74, 6) is -4.28. The van der Waals surface area contributed by atoms with Crippen molar-refractivity contribution >= 4 is 44.8 Å². The lowest BCUT2D eigenvalue weighted by atomic mass is 10.1. The van der Waals surface area contributed by atoms with Crippen molar-refractivity contribution in [3.63, 3.8) is 0 Å². The number of amides is 2. The number of anilines is 2. The van der Waals surface area contributed by atoms with Gasteiger partial charge in [0.1, 0.15) is 18.0 Å². The number of nitrogens with zero attached hydrogens (tertiary/aromatic N) is 4. The van der Waals surface area contributed by atoms with E-state index in [1.165, 1.54) is 47.0 Å². The van der Waals surface area contributed by atoms with Crippen LogP contribution in [-0.2, 0) is 9.84 Å². The third-order valence-corrected chi connectivity index (χ3v) is 10.1. The number of carbonyl (C=O) groups is 2. The van der Waals surface area contributed by atoms with E-state index in [2.05, 4.69) is 9.47 Å². The number of para-hydroxylation sites is 2. The summed E-state index contributed by atoms with van der Waals surface area (Å²) in [5, 5.41) is 18.4. The van der Waals surface area contributed by atoms with Crippen molar-refractivity contribution in [1.29, 1.82) is 10.5 Å². The fourth-order valence-corrected chi connectivity index (χ4v) is 7.89. The summed E-state index contributed by atoms with van der Waals surface area (Å²) in [6.45, 7) is 0. The Morgan fingerprint density at radius 2 is 1.19 bits per heavy atom. The lowest BCUT2D eigenvalue weighted by molar-refractivity contribution is -0.276. The van der Waals surface area contributed by atoms with Crippen molar-refractivity contribution in [3.8, 4) is 35.1 Å². The number of fused-ring (bicyclic) bond motifs is 2. The largest absolute Gasteiger partial charge is 0.573 e. The molecule has 4 aromatic rings. The second kappa shape index (κ2) is 15.1. The van der Waals surface area contributed by atoms with Gasteiger partial charge in [-0.15, -0.1) is 38.1 Å². The number of ether oxygens (including phenoxy) is 4. The van der Waals surface area contributed by atoms with Crippen molar-refractivity contribution in [2.45, 2.75) is 22.5 Å². The van der Waals surface area contributed by atoms with Crippen LogP contribution in [0.15, 0.2) is 82.6 Å². The lowest BCUT2D eigenvalue weighted by Crippen LogP contribution is -2.30. The van der Waals surface area contributed by atoms with E-state index in [4.69, 9.17) is 9.47 Å². The smallest absolute Gasteiger partial charge is 0.492 e. The third-order valence-electron chi connectivity index (χ3n) is 7.49. The first kappa shape index (κ1) is 39.1. The van der Waals surface area contributed by atoms with E-state index in [-0.39, 0.29) is 38.6 Å². The van der Waals surface area contributed by atoms with Gasteiger partial charge in [0, 0.05) is 16.0 Å². The maximum absolute atomic E-state index is 12.9. The molecule has 6 rings (SSSR count). The normalized spacial score (nSPS) is 14.0. The predicted molar refractivity (Wildman–Crippen MR) is 178 cm³/mol. The minimum atomic E-state index is -5.09. The number of nitriles is 2. The highest BCUT2D eigenvalue weighted by Crippen LogP contribution is 2.42. The molecular formula is C34H22F6N4O8S2. The molecular weight excluding hydrogens is 771 g/mol. The van der Waals surface area contributed by atoms with E-state index < -0.39 is 57.5 Å². The fourth-order valence-electron chi connectivity index (χ4n) is 5.35. The van der Waals surface area contributed by atoms with Crippen LogP contribution in [0.3, 0.4) is 0 Å². The van der Waals surface area contributed by atoms with Gasteiger partial charge in [-0.25, -0.2) is 8.42 Å². The van der Waals surface area contributed by atoms with Crippen molar-refractivity contribution in [2.75, 3.05) is 35.8 Å². The number of methoxy groups -OCH3 is 2. The Morgan fingerprint density at radius 1 is 0.722 bits per heavy atom. The van der Waals surface area contributed by atoms with Crippen molar-refractivity contribution in [3.05, 3.63) is 95.1 Å². The maximum atomic E-state index is 12.9. The van der Waals surface area contributed by atoms with E-state index in [9.17, 15) is 54.9 Å². The van der Waals surface area contributed by atoms with Gasteiger partial charge in [0.2, 0.25) is 0 Å². The number of benzene rings is 4. The number of thioether (sulfide) groups is 1. The van der Waals surface area contributed by atoms with Crippen molar-refractivity contribution in [1.82, 2.24) is 0 Å². The molecule has 0 saturated heterocycles. The van der Waals surface area contributed by atoms with Gasteiger partial charge >= 0.3 is 12.7 Å². The Hall–Kier alpha value is -6.12. The average Bonchev–Trinajstić information content (AvgIpc) is 3.67. The molecule has 0 aliphatic carbocycles. The van der Waals surface area contributed by atoms with E-state index in [1.54, 1.807) is 24.3 Å². The minimum absolute atomic E-state index is 0.0656. The topological polar surface area (TPSA) is 159 Å². The van der Waals surface area contributed by atoms with Gasteiger partial charge in [-0.05, 0) is 48.5 Å². The van der Waals surface area contributed by atoms with E-state index in [1.807, 2.05) is 12.1 Å². The number of hydrogen-bond donors (Lipinski definition) is 0. The molecule has 0 bridgehead atoms. The summed E-state index contributed by atoms with van der Waals surface area (Å²) in [6.07, 6.45) is -10.1. The second-order valence-corrected chi connectivity index (χ2v) is 13.8. The summed E-state index contributed by atoms with van der Waals surface area (Å²) in [4.78, 5) is 28.8. The monoisotopic (exact) mass is 792 g/mol. The summed E-state index contributed by atoms with van der Waals surface area (Å²) in [7, 11) is -1.61. The molecule has 0 radical (unpaired) electrons. The van der Waals surface area contributed by atoms with Crippen LogP contribution >= 0.6 is 11.8 Å². The Balaban J connectivity index is 0.000000208. The van der Waals surface area contributed by atoms with Crippen LogP contribution in [-0.4, -0.2) is 58.9 Å². The molecule has 2 amide bonds. The van der Waals surface area contributed by atoms with Gasteiger partial charge in [-0.3, -0.25) is 19.4 Å². The number of carbonyl (C=O) groups excluding carboxylic acids is 2. The van der Waals surface area contributed by atoms with Crippen LogP contribution in [0.1, 0.15) is 31.8 Å². The summed E-state index contributed by atoms with van der Waals surface area (Å²) >= 11 is 1.43. The van der Waals surface area contributed by atoms with Crippen LogP contribution in [0.2, 0.25) is 0 Å². The van der Waals surface area contributed by atoms with Gasteiger partial charge in [0.05, 0.1) is 47.5 Å². The number of sulfone groups is 1. The van der Waals surface area contributed by atoms with Crippen LogP contribution in [0, 0.1) is 22.7 Å². The second-order valence-electron chi connectivity index (χ2n) is 10.8. The van der Waals surface area contributed by atoms with Gasteiger partial charge in [0.15, 0.2) is 32.8 Å². The van der Waals surface area contributed by atoms with Crippen LogP contribution in [0.25, 0.3) is 0 Å². The first-order valence-corrected chi connectivity index (χ1v) is 17.5. The molecule has 0 unspecified atom stereocenters. The maximum Gasteiger partial charge on any atom is 0.573 e. The van der Waals surface area contributed by atoms with E-state index >= 15 is 0 Å². The SMILES string of the molecule is COc1c(C#N)cc(C(=O)N2CS(=O)(=O)c3ccccc32)cc1OC(F)(F)F.COc1c(C#N)cc(C(=O)N2CSc3ccccc32)cc1OC(F)(F)F. The van der Waals surface area contributed by atoms with Gasteiger partial charge in [0.25, 0.3) is 11.8 Å². The quantitative estimate of drug-likeness (QED) is 0.185. The van der Waals surface area contributed by atoms with Crippen LogP contribution in [0.4, 0.5) is 37.7 Å². The first-order chi connectivity index (χ1) is 25.4. The third kappa shape index (κ3) is 8.24. The number of alkyl halides is 6. The standard InChI is InChI=1S/C17H11F3N2O5S.C17H11F3N2O3S/c1-26-15-11(8-21)6-10(7-13(15)27-17(18,19)20)16(23)22-9-28(24,25)14-5-3-2-4-12(14)22;1-24-15-11(8-21)6-10(7-13(15)25-17(18,19)20)16(23)22-9-26-14-5-3-2-4-12(14)22/h2-7H,9H2,1H3;2-7H,9H2,1H3. The molecule has 20 heteroatoms. The molecule has 0 atom stereocenters. The molecule has 0 N–H and O–H groups in total. The highest BCUT2D eigenvalue weighted by molar-refractivity contribution is 8.00. The lowest BCUT2D eigenvalue weighted by Gasteiger charge is -2.19. The zero-order chi connectivity index (χ0) is 39.6. The summed E-state index contributed by atoms with van der Waals surface area (Å²) in [5.41, 5.74) is -0.293. The molecule has 2 aliphatic heterocycles. The van der Waals surface area contributed by atoms with Crippen molar-refractivity contribution < 1.29 is 63.3 Å². The van der Waals surface area contributed by atoms with Gasteiger partial charge in [-0.1, -0.05) is 24.3 Å². The highest BCUT2D eigenvalue weighted by atomic mass is 32.2. The molecule has 0 aromatic heterocycles. The van der Waals surface area contributed by atoms with Crippen LogP contribution in [0.5, 0.6) is 23.0 Å². The highest BCUT2D eigenvalue weighted by Gasteiger charge is 2.38. The Bertz CT molecular complexity index is 2340. The fraction of sp³-hybridized carbons (Fsp3) is 0.176. The first-order valence-electron chi connectivity index (χ1n) is 14.8. The Kier molecular flexibility index (Phi) is 10.9. The molecule has 12 nitrogen and oxygen atoms in total. The van der Waals surface area contributed by atoms with E-state index in [0.717, 1.165) is 42.2 Å². The molecule has 2 aliphatic rings. The minimum Gasteiger partial charge on any atom is -0.492 e. The molecule has 0 spiro atoms. The Labute approximate surface area is 306 Å².